The highest BCUT2D eigenvalue weighted by molar-refractivity contribution is 6.22. The smallest absolute Gasteiger partial charge is 0.339 e. The van der Waals surface area contributed by atoms with Gasteiger partial charge in [-0.15, -0.1) is 0 Å². The van der Waals surface area contributed by atoms with Crippen LogP contribution in [0, 0.1) is 31.6 Å². The fraction of sp³-hybridized carbons (Fsp3) is 0.286. The maximum absolute atomic E-state index is 13.3. The van der Waals surface area contributed by atoms with Gasteiger partial charge in [0.05, 0.1) is 34.3 Å². The van der Waals surface area contributed by atoms with Gasteiger partial charge in [0.25, 0.3) is 0 Å². The second kappa shape index (κ2) is 11.0. The van der Waals surface area contributed by atoms with E-state index < -0.39 is 5.97 Å². The largest absolute Gasteiger partial charge is 0.454 e. The van der Waals surface area contributed by atoms with Gasteiger partial charge in [0.1, 0.15) is 0 Å². The minimum absolute atomic E-state index is 0.117. The molecule has 212 valence electrons. The minimum atomic E-state index is -0.614. The number of rotatable bonds is 6. The molecule has 1 saturated heterocycles. The first-order chi connectivity index (χ1) is 20.2. The molecular weight excluding hydrogens is 528 g/mol. The summed E-state index contributed by atoms with van der Waals surface area (Å²) in [4.78, 5) is 58.4. The summed E-state index contributed by atoms with van der Waals surface area (Å²) in [7, 11) is 0. The Kier molecular flexibility index (Phi) is 7.19. The van der Waals surface area contributed by atoms with Crippen molar-refractivity contribution in [2.45, 2.75) is 40.0 Å². The first kappa shape index (κ1) is 27.5. The third-order valence-electron chi connectivity index (χ3n) is 8.50. The summed E-state index contributed by atoms with van der Waals surface area (Å²) in [5.74, 6) is -1.16. The number of pyridine rings is 1. The molecule has 2 aliphatic rings. The SMILES string of the molecule is Cc1ccc(C(=O)COC(=O)c2cc(-c3ccc(N4C(=O)[C@H]5C[C@@H](C)CC[C@H]5C4=O)cc3)nc3ccc(C)cc23)cc1. The zero-order valence-corrected chi connectivity index (χ0v) is 23.9. The van der Waals surface area contributed by atoms with Crippen LogP contribution < -0.4 is 4.90 Å². The molecule has 4 aromatic rings. The Morgan fingerprint density at radius 1 is 0.857 bits per heavy atom. The van der Waals surface area contributed by atoms with Crippen LogP contribution in [0.4, 0.5) is 5.69 Å². The predicted molar refractivity (Wildman–Crippen MR) is 160 cm³/mol. The summed E-state index contributed by atoms with van der Waals surface area (Å²) in [5, 5.41) is 0.633. The van der Waals surface area contributed by atoms with Gasteiger partial charge in [-0.2, -0.15) is 0 Å². The lowest BCUT2D eigenvalue weighted by atomic mass is 9.76. The van der Waals surface area contributed by atoms with Crippen LogP contribution >= 0.6 is 0 Å². The topological polar surface area (TPSA) is 93.6 Å². The Morgan fingerprint density at radius 2 is 1.55 bits per heavy atom. The Labute approximate surface area is 244 Å². The Morgan fingerprint density at radius 3 is 2.29 bits per heavy atom. The van der Waals surface area contributed by atoms with Gasteiger partial charge in [0.2, 0.25) is 11.8 Å². The first-order valence-corrected chi connectivity index (χ1v) is 14.4. The number of aryl methyl sites for hydroxylation is 2. The Bertz CT molecular complexity index is 1730. The summed E-state index contributed by atoms with van der Waals surface area (Å²) >= 11 is 0. The van der Waals surface area contributed by atoms with E-state index in [-0.39, 0.29) is 36.0 Å². The molecule has 1 aromatic heterocycles. The van der Waals surface area contributed by atoms with Gasteiger partial charge in [0, 0.05) is 16.5 Å². The Balaban J connectivity index is 1.27. The molecule has 0 N–H and O–H groups in total. The molecule has 2 fully saturated rings. The van der Waals surface area contributed by atoms with Crippen molar-refractivity contribution in [2.24, 2.45) is 17.8 Å². The number of hydrogen-bond acceptors (Lipinski definition) is 6. The highest BCUT2D eigenvalue weighted by Gasteiger charge is 2.49. The molecular formula is C35H32N2O5. The minimum Gasteiger partial charge on any atom is -0.454 e. The zero-order chi connectivity index (χ0) is 29.5. The number of fused-ring (bicyclic) bond motifs is 2. The van der Waals surface area contributed by atoms with Crippen LogP contribution in [0.15, 0.2) is 72.8 Å². The average molecular weight is 561 g/mol. The monoisotopic (exact) mass is 560 g/mol. The van der Waals surface area contributed by atoms with E-state index in [1.807, 2.05) is 44.2 Å². The van der Waals surface area contributed by atoms with Crippen molar-refractivity contribution >= 4 is 40.2 Å². The molecule has 7 heteroatoms. The number of amides is 2. The lowest BCUT2D eigenvalue weighted by Crippen LogP contribution is -2.30. The van der Waals surface area contributed by atoms with Crippen molar-refractivity contribution in [3.05, 3.63) is 95.1 Å². The molecule has 0 bridgehead atoms. The van der Waals surface area contributed by atoms with E-state index in [0.29, 0.717) is 39.3 Å². The summed E-state index contributed by atoms with van der Waals surface area (Å²) < 4.78 is 5.48. The van der Waals surface area contributed by atoms with Crippen molar-refractivity contribution in [3.63, 3.8) is 0 Å². The maximum atomic E-state index is 13.3. The van der Waals surface area contributed by atoms with E-state index in [0.717, 1.165) is 36.0 Å². The van der Waals surface area contributed by atoms with Crippen LogP contribution in [0.1, 0.15) is 58.0 Å². The number of carbonyl (C=O) groups is 4. The molecule has 3 atom stereocenters. The lowest BCUT2D eigenvalue weighted by molar-refractivity contribution is -0.122. The normalized spacial score (nSPS) is 20.1. The number of ether oxygens (including phenoxy) is 1. The van der Waals surface area contributed by atoms with Gasteiger partial charge < -0.3 is 4.74 Å². The summed E-state index contributed by atoms with van der Waals surface area (Å²) in [6, 6.07) is 21.5. The van der Waals surface area contributed by atoms with Gasteiger partial charge in [-0.3, -0.25) is 19.3 Å². The summed E-state index contributed by atoms with van der Waals surface area (Å²) in [6.45, 7) is 5.63. The van der Waals surface area contributed by atoms with Crippen molar-refractivity contribution in [3.8, 4) is 11.3 Å². The van der Waals surface area contributed by atoms with Crippen LogP contribution in [0.5, 0.6) is 0 Å². The van der Waals surface area contributed by atoms with E-state index in [2.05, 4.69) is 6.92 Å². The molecule has 2 heterocycles. The number of Topliss-reactive ketones (excluding diaryl/α,β-unsaturated/α-hetero) is 1. The van der Waals surface area contributed by atoms with Crippen molar-refractivity contribution in [1.82, 2.24) is 4.98 Å². The molecule has 7 nitrogen and oxygen atoms in total. The number of imide groups is 1. The van der Waals surface area contributed by atoms with Crippen LogP contribution in [-0.2, 0) is 14.3 Å². The van der Waals surface area contributed by atoms with Gasteiger partial charge in [-0.1, -0.05) is 60.5 Å². The molecule has 1 aliphatic heterocycles. The van der Waals surface area contributed by atoms with Crippen molar-refractivity contribution in [1.29, 1.82) is 0 Å². The van der Waals surface area contributed by atoms with Crippen LogP contribution in [0.2, 0.25) is 0 Å². The fourth-order valence-electron chi connectivity index (χ4n) is 6.11. The molecule has 0 radical (unpaired) electrons. The Hall–Kier alpha value is -4.65. The molecule has 2 amide bonds. The van der Waals surface area contributed by atoms with E-state index in [1.54, 1.807) is 42.5 Å². The third kappa shape index (κ3) is 5.11. The second-order valence-corrected chi connectivity index (χ2v) is 11.6. The summed E-state index contributed by atoms with van der Waals surface area (Å²) in [6.07, 6.45) is 2.46. The molecule has 1 aliphatic carbocycles. The van der Waals surface area contributed by atoms with Gasteiger partial charge in [-0.25, -0.2) is 9.78 Å². The third-order valence-corrected chi connectivity index (χ3v) is 8.50. The fourth-order valence-corrected chi connectivity index (χ4v) is 6.11. The summed E-state index contributed by atoms with van der Waals surface area (Å²) in [5.41, 5.74) is 5.20. The average Bonchev–Trinajstić information content (AvgIpc) is 3.24. The highest BCUT2D eigenvalue weighted by atomic mass is 16.5. The van der Waals surface area contributed by atoms with Crippen molar-refractivity contribution in [2.75, 3.05) is 11.5 Å². The number of ketones is 1. The van der Waals surface area contributed by atoms with E-state index >= 15 is 0 Å². The molecule has 0 spiro atoms. The highest BCUT2D eigenvalue weighted by Crippen LogP contribution is 2.42. The number of nitrogens with zero attached hydrogens (tertiary/aromatic N) is 2. The molecule has 1 saturated carbocycles. The number of hydrogen-bond donors (Lipinski definition) is 0. The standard InChI is InChI=1S/C35H32N2O5/c1-20-4-8-24(9-5-20)32(38)19-42-35(41)29-18-31(36-30-15-7-22(3)16-27(29)30)23-10-12-25(13-11-23)37-33(39)26-14-6-21(2)17-28(26)34(37)40/h4-5,7-13,15-16,18,21,26,28H,6,14,17,19H2,1-3H3/t21-,26+,28-/m0/s1. The number of carbonyl (C=O) groups excluding carboxylic acids is 4. The number of aromatic nitrogens is 1. The van der Waals surface area contributed by atoms with Gasteiger partial charge in [-0.05, 0) is 69.4 Å². The predicted octanol–water partition coefficient (Wildman–Crippen LogP) is 6.48. The lowest BCUT2D eigenvalue weighted by Gasteiger charge is -2.25. The maximum Gasteiger partial charge on any atom is 0.339 e. The molecule has 6 rings (SSSR count). The molecule has 3 aromatic carbocycles. The number of esters is 1. The molecule has 42 heavy (non-hydrogen) atoms. The quantitative estimate of drug-likeness (QED) is 0.152. The van der Waals surface area contributed by atoms with Gasteiger partial charge in [0.15, 0.2) is 12.4 Å². The van der Waals surface area contributed by atoms with Crippen LogP contribution in [-0.4, -0.2) is 35.2 Å². The van der Waals surface area contributed by atoms with E-state index in [9.17, 15) is 19.2 Å². The first-order valence-electron chi connectivity index (χ1n) is 14.4. The van der Waals surface area contributed by atoms with Crippen LogP contribution in [0.3, 0.4) is 0 Å². The molecule has 0 unspecified atom stereocenters. The number of anilines is 1. The zero-order valence-electron chi connectivity index (χ0n) is 23.9. The van der Waals surface area contributed by atoms with Gasteiger partial charge >= 0.3 is 5.97 Å². The van der Waals surface area contributed by atoms with E-state index in [1.165, 1.54) is 4.90 Å². The van der Waals surface area contributed by atoms with Crippen molar-refractivity contribution < 1.29 is 23.9 Å². The van der Waals surface area contributed by atoms with E-state index in [4.69, 9.17) is 9.72 Å². The second-order valence-electron chi connectivity index (χ2n) is 11.6. The van der Waals surface area contributed by atoms with Crippen LogP contribution in [0.25, 0.3) is 22.2 Å². The number of benzene rings is 3.